The van der Waals surface area contributed by atoms with E-state index in [0.29, 0.717) is 18.5 Å². The van der Waals surface area contributed by atoms with Crippen molar-refractivity contribution in [2.75, 3.05) is 6.54 Å². The third-order valence-corrected chi connectivity index (χ3v) is 1.06. The lowest BCUT2D eigenvalue weighted by Crippen LogP contribution is -2.26. The van der Waals surface area contributed by atoms with Crippen LogP contribution in [-0.4, -0.2) is 18.4 Å². The van der Waals surface area contributed by atoms with Crippen LogP contribution in [0.2, 0.25) is 0 Å². The largest absolute Gasteiger partial charge is 0.545 e. The third-order valence-electron chi connectivity index (χ3n) is 1.06. The third kappa shape index (κ3) is 6.80. The summed E-state index contributed by atoms with van der Waals surface area (Å²) in [6, 6.07) is 0. The van der Waals surface area contributed by atoms with Crippen LogP contribution in [-0.2, 0) is 9.59 Å². The molecule has 1 amide bonds. The Morgan fingerprint density at radius 3 is 2.42 bits per heavy atom. The number of amides is 1. The first kappa shape index (κ1) is 10.7. The molecule has 12 heavy (non-hydrogen) atoms. The van der Waals surface area contributed by atoms with Gasteiger partial charge in [0.1, 0.15) is 0 Å². The molecule has 0 heterocycles. The van der Waals surface area contributed by atoms with Crippen molar-refractivity contribution >= 4 is 11.9 Å². The predicted molar refractivity (Wildman–Crippen MR) is 42.0 cm³/mol. The van der Waals surface area contributed by atoms with Crippen LogP contribution in [0.25, 0.3) is 0 Å². The second-order valence-corrected chi connectivity index (χ2v) is 2.79. The second kappa shape index (κ2) is 5.35. The highest BCUT2D eigenvalue weighted by Crippen LogP contribution is 1.86. The summed E-state index contributed by atoms with van der Waals surface area (Å²) in [5.41, 5.74) is 0. The highest BCUT2D eigenvalue weighted by atomic mass is 16.4. The Hall–Kier alpha value is -1.32. The zero-order chi connectivity index (χ0) is 9.56. The fourth-order valence-electron chi connectivity index (χ4n) is 0.507. The number of carboxylic acids is 1. The van der Waals surface area contributed by atoms with Crippen molar-refractivity contribution in [2.24, 2.45) is 5.92 Å². The molecule has 68 valence electrons. The van der Waals surface area contributed by atoms with Crippen LogP contribution < -0.4 is 10.4 Å². The van der Waals surface area contributed by atoms with E-state index in [2.05, 4.69) is 5.32 Å². The minimum absolute atomic E-state index is 0.352. The van der Waals surface area contributed by atoms with Crippen molar-refractivity contribution in [3.63, 3.8) is 0 Å². The molecule has 0 radical (unpaired) electrons. The molecule has 0 atom stereocenters. The molecule has 0 aliphatic heterocycles. The quantitative estimate of drug-likeness (QED) is 0.554. The van der Waals surface area contributed by atoms with E-state index in [9.17, 15) is 14.7 Å². The molecule has 0 spiro atoms. The minimum Gasteiger partial charge on any atom is -0.545 e. The Bertz CT molecular complexity index is 196. The maximum atomic E-state index is 10.8. The van der Waals surface area contributed by atoms with Gasteiger partial charge in [-0.15, -0.1) is 0 Å². The summed E-state index contributed by atoms with van der Waals surface area (Å²) in [4.78, 5) is 20.6. The van der Waals surface area contributed by atoms with Gasteiger partial charge >= 0.3 is 0 Å². The standard InChI is InChI=1S/C8H13NO3/c1-6(2)5-9-7(10)3-4-8(11)12/h3-4,6H,5H2,1-2H3,(H,9,10)(H,11,12)/p-1. The number of rotatable bonds is 4. The molecule has 0 bridgehead atoms. The smallest absolute Gasteiger partial charge is 0.244 e. The second-order valence-electron chi connectivity index (χ2n) is 2.79. The van der Waals surface area contributed by atoms with Crippen LogP contribution in [0.3, 0.4) is 0 Å². The lowest BCUT2D eigenvalue weighted by atomic mass is 10.2. The number of carbonyl (C=O) groups is 2. The van der Waals surface area contributed by atoms with Gasteiger partial charge in [-0.25, -0.2) is 0 Å². The topological polar surface area (TPSA) is 69.2 Å². The molecular formula is C8H12NO3-. The first-order valence-electron chi connectivity index (χ1n) is 3.69. The normalized spacial score (nSPS) is 10.6. The van der Waals surface area contributed by atoms with E-state index in [4.69, 9.17) is 0 Å². The first-order chi connectivity index (χ1) is 5.52. The highest BCUT2D eigenvalue weighted by Gasteiger charge is 1.96. The van der Waals surface area contributed by atoms with E-state index in [1.54, 1.807) is 0 Å². The number of hydrogen-bond acceptors (Lipinski definition) is 3. The van der Waals surface area contributed by atoms with E-state index in [-0.39, 0.29) is 0 Å². The monoisotopic (exact) mass is 170 g/mol. The Kier molecular flexibility index (Phi) is 4.76. The zero-order valence-corrected chi connectivity index (χ0v) is 7.16. The van der Waals surface area contributed by atoms with Crippen molar-refractivity contribution in [2.45, 2.75) is 13.8 Å². The Morgan fingerprint density at radius 2 is 2.00 bits per heavy atom. The molecular weight excluding hydrogens is 158 g/mol. The van der Waals surface area contributed by atoms with E-state index in [1.165, 1.54) is 0 Å². The molecule has 4 nitrogen and oxygen atoms in total. The van der Waals surface area contributed by atoms with Gasteiger partial charge in [0.2, 0.25) is 5.91 Å². The summed E-state index contributed by atoms with van der Waals surface area (Å²) in [5.74, 6) is -1.42. The Balaban J connectivity index is 3.67. The van der Waals surface area contributed by atoms with Gasteiger partial charge in [0.25, 0.3) is 0 Å². The van der Waals surface area contributed by atoms with Gasteiger partial charge < -0.3 is 15.2 Å². The summed E-state index contributed by atoms with van der Waals surface area (Å²) >= 11 is 0. The van der Waals surface area contributed by atoms with Gasteiger partial charge in [-0.2, -0.15) is 0 Å². The molecule has 4 heteroatoms. The molecule has 0 aliphatic carbocycles. The van der Waals surface area contributed by atoms with E-state index >= 15 is 0 Å². The summed E-state index contributed by atoms with van der Waals surface area (Å²) in [7, 11) is 0. The molecule has 0 rings (SSSR count). The van der Waals surface area contributed by atoms with Crippen molar-refractivity contribution < 1.29 is 14.7 Å². The van der Waals surface area contributed by atoms with Crippen LogP contribution >= 0.6 is 0 Å². The Morgan fingerprint density at radius 1 is 1.42 bits per heavy atom. The molecule has 0 aliphatic rings. The lowest BCUT2D eigenvalue weighted by molar-refractivity contribution is -0.297. The van der Waals surface area contributed by atoms with Crippen molar-refractivity contribution in [1.29, 1.82) is 0 Å². The average Bonchev–Trinajstić information content (AvgIpc) is 1.96. The number of aliphatic carboxylic acids is 1. The average molecular weight is 170 g/mol. The van der Waals surface area contributed by atoms with Gasteiger partial charge in [0.05, 0.1) is 5.97 Å². The molecule has 1 N–H and O–H groups in total. The summed E-state index contributed by atoms with van der Waals surface area (Å²) in [5, 5.41) is 12.4. The summed E-state index contributed by atoms with van der Waals surface area (Å²) in [6.45, 7) is 4.43. The highest BCUT2D eigenvalue weighted by molar-refractivity contribution is 5.93. The number of hydrogen-bond donors (Lipinski definition) is 1. The van der Waals surface area contributed by atoms with Gasteiger partial charge in [-0.1, -0.05) is 13.8 Å². The van der Waals surface area contributed by atoms with Gasteiger partial charge in [-0.3, -0.25) is 4.79 Å². The molecule has 0 saturated carbocycles. The number of carboxylic acid groups (broad SMARTS) is 1. The summed E-state index contributed by atoms with van der Waals surface area (Å²) in [6.07, 6.45) is 1.65. The van der Waals surface area contributed by atoms with E-state index in [1.807, 2.05) is 13.8 Å². The number of carbonyl (C=O) groups excluding carboxylic acids is 2. The minimum atomic E-state index is -1.37. The Labute approximate surface area is 71.3 Å². The maximum absolute atomic E-state index is 10.8. The maximum Gasteiger partial charge on any atom is 0.244 e. The van der Waals surface area contributed by atoms with Gasteiger partial charge in [-0.05, 0) is 12.0 Å². The van der Waals surface area contributed by atoms with Gasteiger partial charge in [0.15, 0.2) is 0 Å². The molecule has 0 aromatic heterocycles. The van der Waals surface area contributed by atoms with Crippen LogP contribution in [0.4, 0.5) is 0 Å². The lowest BCUT2D eigenvalue weighted by Gasteiger charge is -2.04. The molecule has 0 saturated heterocycles. The fourth-order valence-corrected chi connectivity index (χ4v) is 0.507. The fraction of sp³-hybridized carbons (Fsp3) is 0.500. The van der Waals surface area contributed by atoms with Gasteiger partial charge in [0, 0.05) is 12.6 Å². The zero-order valence-electron chi connectivity index (χ0n) is 7.16. The van der Waals surface area contributed by atoms with Crippen molar-refractivity contribution in [3.05, 3.63) is 12.2 Å². The molecule has 0 unspecified atom stereocenters. The summed E-state index contributed by atoms with van der Waals surface area (Å²) < 4.78 is 0. The van der Waals surface area contributed by atoms with Crippen molar-refractivity contribution in [3.8, 4) is 0 Å². The van der Waals surface area contributed by atoms with Crippen LogP contribution in [0.5, 0.6) is 0 Å². The van der Waals surface area contributed by atoms with Crippen LogP contribution in [0.1, 0.15) is 13.8 Å². The SMILES string of the molecule is CC(C)CNC(=O)C=CC(=O)[O-]. The number of nitrogens with one attached hydrogen (secondary N) is 1. The van der Waals surface area contributed by atoms with E-state index in [0.717, 1.165) is 6.08 Å². The van der Waals surface area contributed by atoms with E-state index < -0.39 is 11.9 Å². The predicted octanol–water partition coefficient (Wildman–Crippen LogP) is -0.935. The molecule has 0 aromatic carbocycles. The van der Waals surface area contributed by atoms with Crippen LogP contribution in [0, 0.1) is 5.92 Å². The molecule has 0 aromatic rings. The van der Waals surface area contributed by atoms with Crippen LogP contribution in [0.15, 0.2) is 12.2 Å². The van der Waals surface area contributed by atoms with Crippen molar-refractivity contribution in [1.82, 2.24) is 5.32 Å². The first-order valence-corrected chi connectivity index (χ1v) is 3.69. The molecule has 0 fully saturated rings.